The third kappa shape index (κ3) is 7.51. The summed E-state index contributed by atoms with van der Waals surface area (Å²) in [5, 5.41) is 0. The first kappa shape index (κ1) is 22.5. The van der Waals surface area contributed by atoms with Gasteiger partial charge >= 0.3 is 0 Å². The van der Waals surface area contributed by atoms with Crippen LogP contribution < -0.4 is 0 Å². The van der Waals surface area contributed by atoms with Gasteiger partial charge in [-0.15, -0.1) is 0 Å². The molecule has 0 saturated heterocycles. The molecule has 0 amide bonds. The summed E-state index contributed by atoms with van der Waals surface area (Å²) in [6.07, 6.45) is 21.1. The molecule has 0 heterocycles. The standard InChI is InChI=1S/C29H44/c1-3-5-7-9-25-16-20-28(21-17-25)29-22-18-27(19-23-29)15-14-26-12-10-24(11-13-26)8-6-4-2/h10-13,25,27-29H,3-9,16-23H2,1-2H3/t25-,27?,28-,29?. The molecule has 0 nitrogen and oxygen atoms in total. The van der Waals surface area contributed by atoms with Crippen LogP contribution in [0.5, 0.6) is 0 Å². The predicted octanol–water partition coefficient (Wildman–Crippen LogP) is 8.57. The van der Waals surface area contributed by atoms with E-state index in [1.54, 1.807) is 0 Å². The average Bonchev–Trinajstić information content (AvgIpc) is 2.78. The van der Waals surface area contributed by atoms with E-state index in [0.29, 0.717) is 5.92 Å². The van der Waals surface area contributed by atoms with Crippen LogP contribution in [-0.4, -0.2) is 0 Å². The Hall–Kier alpha value is -1.22. The quantitative estimate of drug-likeness (QED) is 0.307. The predicted molar refractivity (Wildman–Crippen MR) is 127 cm³/mol. The van der Waals surface area contributed by atoms with Crippen molar-refractivity contribution in [3.8, 4) is 11.8 Å². The van der Waals surface area contributed by atoms with Crippen molar-refractivity contribution in [2.75, 3.05) is 0 Å². The van der Waals surface area contributed by atoms with Crippen LogP contribution in [0.2, 0.25) is 0 Å². The molecule has 0 N–H and O–H groups in total. The third-order valence-corrected chi connectivity index (χ3v) is 7.74. The number of aryl methyl sites for hydroxylation is 1. The van der Waals surface area contributed by atoms with Gasteiger partial charge < -0.3 is 0 Å². The van der Waals surface area contributed by atoms with Gasteiger partial charge in [-0.25, -0.2) is 0 Å². The molecule has 0 unspecified atom stereocenters. The molecule has 29 heavy (non-hydrogen) atoms. The summed E-state index contributed by atoms with van der Waals surface area (Å²) in [4.78, 5) is 0. The highest BCUT2D eigenvalue weighted by Gasteiger charge is 2.30. The molecule has 0 radical (unpaired) electrons. The SMILES string of the molecule is CCCCC[C@H]1CC[C@H](C2CCC(C#Cc3ccc(CCCC)cc3)CC2)CC1. The van der Waals surface area contributed by atoms with E-state index >= 15 is 0 Å². The van der Waals surface area contributed by atoms with Gasteiger partial charge in [0.25, 0.3) is 0 Å². The summed E-state index contributed by atoms with van der Waals surface area (Å²) in [6.45, 7) is 4.58. The van der Waals surface area contributed by atoms with Crippen LogP contribution in [-0.2, 0) is 6.42 Å². The summed E-state index contributed by atoms with van der Waals surface area (Å²) >= 11 is 0. The normalized spacial score (nSPS) is 27.2. The summed E-state index contributed by atoms with van der Waals surface area (Å²) in [7, 11) is 0. The summed E-state index contributed by atoms with van der Waals surface area (Å²) in [5.41, 5.74) is 2.66. The monoisotopic (exact) mass is 392 g/mol. The van der Waals surface area contributed by atoms with E-state index in [9.17, 15) is 0 Å². The molecular weight excluding hydrogens is 348 g/mol. The number of unbranched alkanes of at least 4 members (excludes halogenated alkanes) is 3. The van der Waals surface area contributed by atoms with E-state index in [0.717, 1.165) is 17.8 Å². The average molecular weight is 393 g/mol. The fourth-order valence-electron chi connectivity index (χ4n) is 5.69. The maximum absolute atomic E-state index is 3.61. The van der Waals surface area contributed by atoms with Gasteiger partial charge in [0.05, 0.1) is 0 Å². The molecule has 1 aromatic carbocycles. The van der Waals surface area contributed by atoms with Crippen LogP contribution in [0.1, 0.15) is 115 Å². The van der Waals surface area contributed by atoms with Gasteiger partial charge in [0.1, 0.15) is 0 Å². The molecule has 2 fully saturated rings. The lowest BCUT2D eigenvalue weighted by Crippen LogP contribution is -2.25. The van der Waals surface area contributed by atoms with Crippen molar-refractivity contribution in [1.29, 1.82) is 0 Å². The highest BCUT2D eigenvalue weighted by atomic mass is 14.3. The van der Waals surface area contributed by atoms with Gasteiger partial charge in [-0.05, 0) is 86.8 Å². The number of hydrogen-bond donors (Lipinski definition) is 0. The molecule has 0 spiro atoms. The Morgan fingerprint density at radius 1 is 0.724 bits per heavy atom. The summed E-state index contributed by atoms with van der Waals surface area (Å²) in [5.74, 6) is 10.8. The summed E-state index contributed by atoms with van der Waals surface area (Å²) in [6, 6.07) is 9.00. The highest BCUT2D eigenvalue weighted by Crippen LogP contribution is 2.42. The minimum absolute atomic E-state index is 0.636. The second kappa shape index (κ2) is 12.5. The lowest BCUT2D eigenvalue weighted by molar-refractivity contribution is 0.153. The van der Waals surface area contributed by atoms with E-state index in [-0.39, 0.29) is 0 Å². The number of rotatable bonds is 8. The smallest absolute Gasteiger partial charge is 0.0245 e. The van der Waals surface area contributed by atoms with Crippen LogP contribution in [0, 0.1) is 35.5 Å². The highest BCUT2D eigenvalue weighted by molar-refractivity contribution is 5.36. The molecule has 160 valence electrons. The number of benzene rings is 1. The first-order valence-corrected chi connectivity index (χ1v) is 12.9. The van der Waals surface area contributed by atoms with Crippen molar-refractivity contribution in [1.82, 2.24) is 0 Å². The minimum Gasteiger partial charge on any atom is -0.0945 e. The van der Waals surface area contributed by atoms with E-state index in [1.165, 1.54) is 107 Å². The van der Waals surface area contributed by atoms with Gasteiger partial charge in [-0.3, -0.25) is 0 Å². The third-order valence-electron chi connectivity index (χ3n) is 7.74. The Morgan fingerprint density at radius 2 is 1.34 bits per heavy atom. The van der Waals surface area contributed by atoms with Crippen molar-refractivity contribution in [3.63, 3.8) is 0 Å². The topological polar surface area (TPSA) is 0 Å². The maximum atomic E-state index is 3.61. The van der Waals surface area contributed by atoms with Gasteiger partial charge in [-0.2, -0.15) is 0 Å². The fourth-order valence-corrected chi connectivity index (χ4v) is 5.69. The van der Waals surface area contributed by atoms with Gasteiger partial charge in [-0.1, -0.05) is 82.8 Å². The molecule has 2 aliphatic rings. The van der Waals surface area contributed by atoms with E-state index in [1.807, 2.05) is 0 Å². The van der Waals surface area contributed by atoms with E-state index in [4.69, 9.17) is 0 Å². The Bertz CT molecular complexity index is 612. The molecule has 0 bridgehead atoms. The molecule has 2 aliphatic carbocycles. The van der Waals surface area contributed by atoms with Crippen molar-refractivity contribution >= 4 is 0 Å². The Balaban J connectivity index is 1.37. The van der Waals surface area contributed by atoms with Crippen LogP contribution in [0.15, 0.2) is 24.3 Å². The van der Waals surface area contributed by atoms with Crippen LogP contribution in [0.25, 0.3) is 0 Å². The Morgan fingerprint density at radius 3 is 1.97 bits per heavy atom. The second-order valence-electron chi connectivity index (χ2n) is 9.96. The molecule has 0 aromatic heterocycles. The second-order valence-corrected chi connectivity index (χ2v) is 9.96. The zero-order chi connectivity index (χ0) is 20.3. The van der Waals surface area contributed by atoms with E-state index in [2.05, 4.69) is 50.0 Å². The van der Waals surface area contributed by atoms with Gasteiger partial charge in [0, 0.05) is 11.5 Å². The molecule has 1 aromatic rings. The zero-order valence-electron chi connectivity index (χ0n) is 19.2. The molecule has 0 aliphatic heterocycles. The lowest BCUT2D eigenvalue weighted by atomic mass is 9.69. The zero-order valence-corrected chi connectivity index (χ0v) is 19.2. The van der Waals surface area contributed by atoms with Crippen molar-refractivity contribution < 1.29 is 0 Å². The minimum atomic E-state index is 0.636. The van der Waals surface area contributed by atoms with Crippen LogP contribution in [0.3, 0.4) is 0 Å². The first-order valence-electron chi connectivity index (χ1n) is 12.9. The summed E-state index contributed by atoms with van der Waals surface area (Å²) < 4.78 is 0. The van der Waals surface area contributed by atoms with E-state index < -0.39 is 0 Å². The van der Waals surface area contributed by atoms with Crippen molar-refractivity contribution in [3.05, 3.63) is 35.4 Å². The van der Waals surface area contributed by atoms with Crippen molar-refractivity contribution in [2.24, 2.45) is 23.7 Å². The van der Waals surface area contributed by atoms with Gasteiger partial charge in [0.2, 0.25) is 0 Å². The molecule has 0 heteroatoms. The van der Waals surface area contributed by atoms with Crippen molar-refractivity contribution in [2.45, 2.75) is 110 Å². The lowest BCUT2D eigenvalue weighted by Gasteiger charge is -2.37. The fraction of sp³-hybridized carbons (Fsp3) is 0.724. The van der Waals surface area contributed by atoms with Crippen LogP contribution >= 0.6 is 0 Å². The molecule has 3 rings (SSSR count). The molecule has 0 atom stereocenters. The largest absolute Gasteiger partial charge is 0.0945 e. The number of hydrogen-bond acceptors (Lipinski definition) is 0. The maximum Gasteiger partial charge on any atom is 0.0245 e. The Kier molecular flexibility index (Phi) is 9.66. The molecular formula is C29H44. The van der Waals surface area contributed by atoms with Gasteiger partial charge in [0.15, 0.2) is 0 Å². The first-order chi connectivity index (χ1) is 14.3. The van der Waals surface area contributed by atoms with Crippen LogP contribution in [0.4, 0.5) is 0 Å². The molecule has 2 saturated carbocycles. The Labute approximate surface area is 181 Å².